The molecule has 2 nitrogen and oxygen atoms in total. The van der Waals surface area contributed by atoms with Gasteiger partial charge in [-0.3, -0.25) is 4.79 Å². The zero-order chi connectivity index (χ0) is 8.77. The highest BCUT2D eigenvalue weighted by atomic mass is 19.1. The van der Waals surface area contributed by atoms with Gasteiger partial charge in [-0.1, -0.05) is 12.8 Å². The van der Waals surface area contributed by atoms with E-state index in [1.807, 2.05) is 0 Å². The van der Waals surface area contributed by atoms with Gasteiger partial charge in [-0.25, -0.2) is 4.39 Å². The first-order valence-electron chi connectivity index (χ1n) is 4.62. The molecule has 3 heteroatoms. The van der Waals surface area contributed by atoms with Gasteiger partial charge in [0.2, 0.25) is 0 Å². The first-order valence-corrected chi connectivity index (χ1v) is 4.62. The van der Waals surface area contributed by atoms with Crippen molar-refractivity contribution in [3.8, 4) is 0 Å². The minimum atomic E-state index is -1.67. The van der Waals surface area contributed by atoms with Crippen LogP contribution in [0.3, 0.4) is 0 Å². The maximum Gasteiger partial charge on any atom is 0.255 e. The summed E-state index contributed by atoms with van der Waals surface area (Å²) in [5.41, 5.74) is 3.41. The molecule has 12 heavy (non-hydrogen) atoms. The van der Waals surface area contributed by atoms with Crippen molar-refractivity contribution < 1.29 is 9.18 Å². The van der Waals surface area contributed by atoms with E-state index in [2.05, 4.69) is 0 Å². The van der Waals surface area contributed by atoms with Gasteiger partial charge in [0.15, 0.2) is 5.67 Å². The lowest BCUT2D eigenvalue weighted by Crippen LogP contribution is -2.42. The second kappa shape index (κ2) is 2.44. The Labute approximate surface area is 71.3 Å². The Bertz CT molecular complexity index is 211. The number of nitrogens with two attached hydrogens (primary N) is 1. The van der Waals surface area contributed by atoms with E-state index >= 15 is 0 Å². The van der Waals surface area contributed by atoms with E-state index in [0.29, 0.717) is 12.3 Å². The molecule has 0 aromatic carbocycles. The summed E-state index contributed by atoms with van der Waals surface area (Å²) in [6, 6.07) is 0. The maximum absolute atomic E-state index is 13.9. The number of carbonyl (C=O) groups excluding carboxylic acids is 1. The monoisotopic (exact) mass is 171 g/mol. The summed E-state index contributed by atoms with van der Waals surface area (Å²) < 4.78 is 13.9. The van der Waals surface area contributed by atoms with Crippen LogP contribution in [0.5, 0.6) is 0 Å². The Morgan fingerprint density at radius 1 is 1.42 bits per heavy atom. The van der Waals surface area contributed by atoms with E-state index in [4.69, 9.17) is 5.73 Å². The summed E-state index contributed by atoms with van der Waals surface area (Å²) in [6.07, 6.45) is 4.21. The van der Waals surface area contributed by atoms with Crippen LogP contribution in [0.4, 0.5) is 4.39 Å². The molecule has 1 atom stereocenters. The zero-order valence-corrected chi connectivity index (χ0v) is 7.05. The summed E-state index contributed by atoms with van der Waals surface area (Å²) >= 11 is 0. The quantitative estimate of drug-likeness (QED) is 0.682. The number of rotatable bonds is 4. The third kappa shape index (κ3) is 1.32. The third-order valence-corrected chi connectivity index (χ3v) is 2.92. The van der Waals surface area contributed by atoms with E-state index in [1.165, 1.54) is 0 Å². The topological polar surface area (TPSA) is 43.1 Å². The van der Waals surface area contributed by atoms with Gasteiger partial charge in [0, 0.05) is 5.92 Å². The molecular weight excluding hydrogens is 157 g/mol. The van der Waals surface area contributed by atoms with Crippen molar-refractivity contribution in [2.24, 2.45) is 17.6 Å². The molecule has 2 aliphatic rings. The van der Waals surface area contributed by atoms with Crippen LogP contribution in [0.2, 0.25) is 0 Å². The molecule has 0 spiro atoms. The highest BCUT2D eigenvalue weighted by Gasteiger charge is 2.52. The molecule has 2 rings (SSSR count). The summed E-state index contributed by atoms with van der Waals surface area (Å²) in [5.74, 6) is -0.365. The number of primary amides is 1. The molecule has 0 bridgehead atoms. The van der Waals surface area contributed by atoms with Crippen LogP contribution in [-0.4, -0.2) is 11.6 Å². The SMILES string of the molecule is NC(=O)C(F)(CC1CC1)C1CC1. The van der Waals surface area contributed by atoms with Gasteiger partial charge in [0.05, 0.1) is 0 Å². The maximum atomic E-state index is 13.9. The van der Waals surface area contributed by atoms with Gasteiger partial charge < -0.3 is 5.73 Å². The molecule has 2 fully saturated rings. The number of carbonyl (C=O) groups is 1. The normalized spacial score (nSPS) is 28.1. The number of halogens is 1. The summed E-state index contributed by atoms with van der Waals surface area (Å²) in [6.45, 7) is 0. The van der Waals surface area contributed by atoms with Gasteiger partial charge in [0.25, 0.3) is 5.91 Å². The molecule has 2 N–H and O–H groups in total. The lowest BCUT2D eigenvalue weighted by molar-refractivity contribution is -0.131. The van der Waals surface area contributed by atoms with E-state index in [-0.39, 0.29) is 5.92 Å². The highest BCUT2D eigenvalue weighted by molar-refractivity contribution is 5.84. The summed E-state index contributed by atoms with van der Waals surface area (Å²) in [5, 5.41) is 0. The molecule has 1 amide bonds. The second-order valence-corrected chi connectivity index (χ2v) is 4.15. The fourth-order valence-corrected chi connectivity index (χ4v) is 1.75. The van der Waals surface area contributed by atoms with Crippen molar-refractivity contribution in [3.05, 3.63) is 0 Å². The minimum absolute atomic E-state index is 0.0596. The van der Waals surface area contributed by atoms with Crippen molar-refractivity contribution in [3.63, 3.8) is 0 Å². The molecule has 1 unspecified atom stereocenters. The molecule has 68 valence electrons. The van der Waals surface area contributed by atoms with Crippen molar-refractivity contribution in [2.75, 3.05) is 0 Å². The number of hydrogen-bond donors (Lipinski definition) is 1. The summed E-state index contributed by atoms with van der Waals surface area (Å²) in [4.78, 5) is 10.9. The molecule has 0 heterocycles. The fourth-order valence-electron chi connectivity index (χ4n) is 1.75. The van der Waals surface area contributed by atoms with Crippen molar-refractivity contribution in [1.82, 2.24) is 0 Å². The zero-order valence-electron chi connectivity index (χ0n) is 7.05. The fraction of sp³-hybridized carbons (Fsp3) is 0.889. The van der Waals surface area contributed by atoms with Gasteiger partial charge in [-0.15, -0.1) is 0 Å². The van der Waals surface area contributed by atoms with Crippen LogP contribution < -0.4 is 5.73 Å². The molecule has 0 radical (unpaired) electrons. The largest absolute Gasteiger partial charge is 0.367 e. The Morgan fingerprint density at radius 3 is 2.33 bits per heavy atom. The van der Waals surface area contributed by atoms with Gasteiger partial charge in [-0.05, 0) is 25.2 Å². The van der Waals surface area contributed by atoms with Crippen LogP contribution in [0.1, 0.15) is 32.1 Å². The Balaban J connectivity index is 2.02. The predicted molar refractivity (Wildman–Crippen MR) is 43.1 cm³/mol. The number of amides is 1. The van der Waals surface area contributed by atoms with Crippen molar-refractivity contribution in [2.45, 2.75) is 37.8 Å². The van der Waals surface area contributed by atoms with Gasteiger partial charge >= 0.3 is 0 Å². The Hall–Kier alpha value is -0.600. The average molecular weight is 171 g/mol. The smallest absolute Gasteiger partial charge is 0.255 e. The van der Waals surface area contributed by atoms with Crippen LogP contribution >= 0.6 is 0 Å². The number of hydrogen-bond acceptors (Lipinski definition) is 1. The third-order valence-electron chi connectivity index (χ3n) is 2.92. The molecular formula is C9H14FNO. The van der Waals surface area contributed by atoms with Crippen LogP contribution in [0.15, 0.2) is 0 Å². The standard InChI is InChI=1S/C9H14FNO/c10-9(8(11)12,7-3-4-7)5-6-1-2-6/h6-7H,1-5H2,(H2,11,12). The van der Waals surface area contributed by atoms with Crippen LogP contribution in [0.25, 0.3) is 0 Å². The first-order chi connectivity index (χ1) is 5.63. The molecule has 0 aromatic rings. The molecule has 0 aliphatic heterocycles. The van der Waals surface area contributed by atoms with Gasteiger partial charge in [0.1, 0.15) is 0 Å². The molecule has 2 saturated carbocycles. The molecule has 0 saturated heterocycles. The van der Waals surface area contributed by atoms with Gasteiger partial charge in [-0.2, -0.15) is 0 Å². The second-order valence-electron chi connectivity index (χ2n) is 4.15. The van der Waals surface area contributed by atoms with Crippen molar-refractivity contribution >= 4 is 5.91 Å². The van der Waals surface area contributed by atoms with Crippen molar-refractivity contribution in [1.29, 1.82) is 0 Å². The predicted octanol–water partition coefficient (Wildman–Crippen LogP) is 1.39. The molecule has 2 aliphatic carbocycles. The van der Waals surface area contributed by atoms with E-state index in [1.54, 1.807) is 0 Å². The van der Waals surface area contributed by atoms with E-state index in [0.717, 1.165) is 25.7 Å². The van der Waals surface area contributed by atoms with E-state index < -0.39 is 11.6 Å². The molecule has 0 aromatic heterocycles. The lowest BCUT2D eigenvalue weighted by atomic mass is 9.92. The van der Waals surface area contributed by atoms with Crippen LogP contribution in [0, 0.1) is 11.8 Å². The summed E-state index contributed by atoms with van der Waals surface area (Å²) in [7, 11) is 0. The number of alkyl halides is 1. The Morgan fingerprint density at radius 2 is 2.00 bits per heavy atom. The minimum Gasteiger partial charge on any atom is -0.367 e. The first kappa shape index (κ1) is 8.02. The lowest BCUT2D eigenvalue weighted by Gasteiger charge is -2.20. The van der Waals surface area contributed by atoms with E-state index in [9.17, 15) is 9.18 Å². The highest BCUT2D eigenvalue weighted by Crippen LogP contribution is 2.49. The Kier molecular flexibility index (Phi) is 1.63. The van der Waals surface area contributed by atoms with Crippen LogP contribution in [-0.2, 0) is 4.79 Å². The average Bonchev–Trinajstić information content (AvgIpc) is 2.83.